The van der Waals surface area contributed by atoms with Crippen molar-refractivity contribution in [3.8, 4) is 5.75 Å². The third kappa shape index (κ3) is 2.73. The normalized spacial score (nSPS) is 9.89. The molecule has 1 aromatic carbocycles. The third-order valence-corrected chi connectivity index (χ3v) is 2.72. The van der Waals surface area contributed by atoms with E-state index in [1.54, 1.807) is 6.92 Å². The van der Waals surface area contributed by atoms with Crippen LogP contribution in [0.15, 0.2) is 12.1 Å². The molecule has 0 saturated heterocycles. The van der Waals surface area contributed by atoms with Crippen LogP contribution in [-0.4, -0.2) is 24.8 Å². The topological polar surface area (TPSA) is 89.7 Å². The Morgan fingerprint density at radius 2 is 1.68 bits per heavy atom. The van der Waals surface area contributed by atoms with Crippen LogP contribution in [0.5, 0.6) is 5.75 Å². The first-order chi connectivity index (χ1) is 8.81. The molecule has 1 rings (SSSR count). The number of amides is 3. The number of anilines is 1. The smallest absolute Gasteiger partial charge is 0.252 e. The minimum atomic E-state index is -0.635. The van der Waals surface area contributed by atoms with E-state index in [2.05, 4.69) is 0 Å². The Hall–Kier alpha value is -2.37. The van der Waals surface area contributed by atoms with Gasteiger partial charge in [-0.1, -0.05) is 0 Å². The number of carbonyl (C=O) groups excluding carboxylic acids is 3. The number of rotatable bonds is 3. The van der Waals surface area contributed by atoms with E-state index in [9.17, 15) is 14.4 Å². The highest BCUT2D eigenvalue weighted by Crippen LogP contribution is 2.32. The molecule has 3 amide bonds. The molecule has 0 aliphatic heterocycles. The second-order valence-corrected chi connectivity index (χ2v) is 4.03. The van der Waals surface area contributed by atoms with Gasteiger partial charge in [0.1, 0.15) is 5.75 Å². The molecule has 6 heteroatoms. The number of methoxy groups -OCH3 is 1. The van der Waals surface area contributed by atoms with Gasteiger partial charge in [0, 0.05) is 19.4 Å². The number of benzene rings is 1. The van der Waals surface area contributed by atoms with E-state index in [0.717, 1.165) is 4.90 Å². The van der Waals surface area contributed by atoms with Gasteiger partial charge < -0.3 is 10.5 Å². The molecule has 0 aliphatic rings. The van der Waals surface area contributed by atoms with Gasteiger partial charge in [-0.25, -0.2) is 0 Å². The maximum absolute atomic E-state index is 11.5. The Bertz CT molecular complexity index is 538. The quantitative estimate of drug-likeness (QED) is 0.881. The minimum absolute atomic E-state index is 0.204. The number of carbonyl (C=O) groups is 3. The largest absolute Gasteiger partial charge is 0.496 e. The van der Waals surface area contributed by atoms with Crippen molar-refractivity contribution in [1.29, 1.82) is 0 Å². The van der Waals surface area contributed by atoms with Crippen LogP contribution in [0.1, 0.15) is 29.8 Å². The van der Waals surface area contributed by atoms with E-state index < -0.39 is 17.7 Å². The van der Waals surface area contributed by atoms with E-state index >= 15 is 0 Å². The molecule has 6 nitrogen and oxygen atoms in total. The number of primary amides is 1. The first-order valence-corrected chi connectivity index (χ1v) is 5.59. The van der Waals surface area contributed by atoms with Gasteiger partial charge in [0.05, 0.1) is 18.4 Å². The summed E-state index contributed by atoms with van der Waals surface area (Å²) in [5.41, 5.74) is 6.32. The van der Waals surface area contributed by atoms with Crippen molar-refractivity contribution in [2.45, 2.75) is 20.8 Å². The van der Waals surface area contributed by atoms with E-state index in [0.29, 0.717) is 11.3 Å². The molecule has 102 valence electrons. The average molecular weight is 264 g/mol. The van der Waals surface area contributed by atoms with Crippen LogP contribution < -0.4 is 15.4 Å². The molecule has 1 aromatic rings. The molecule has 0 saturated carbocycles. The van der Waals surface area contributed by atoms with Crippen molar-refractivity contribution < 1.29 is 19.1 Å². The zero-order valence-electron chi connectivity index (χ0n) is 11.3. The molecular formula is C13H16N2O4. The second kappa shape index (κ2) is 5.51. The number of nitrogens with zero attached hydrogens (tertiary/aromatic N) is 1. The second-order valence-electron chi connectivity index (χ2n) is 4.03. The third-order valence-electron chi connectivity index (χ3n) is 2.72. The zero-order valence-corrected chi connectivity index (χ0v) is 11.3. The molecule has 0 atom stereocenters. The summed E-state index contributed by atoms with van der Waals surface area (Å²) in [5, 5.41) is 0. The maximum Gasteiger partial charge on any atom is 0.252 e. The highest BCUT2D eigenvalue weighted by molar-refractivity contribution is 6.14. The highest BCUT2D eigenvalue weighted by atomic mass is 16.5. The van der Waals surface area contributed by atoms with Crippen LogP contribution in [-0.2, 0) is 9.59 Å². The minimum Gasteiger partial charge on any atom is -0.496 e. The monoisotopic (exact) mass is 264 g/mol. The maximum atomic E-state index is 11.5. The van der Waals surface area contributed by atoms with Crippen molar-refractivity contribution in [3.63, 3.8) is 0 Å². The lowest BCUT2D eigenvalue weighted by Gasteiger charge is -2.21. The molecule has 0 aliphatic carbocycles. The molecule has 0 unspecified atom stereocenters. The molecule has 0 bridgehead atoms. The van der Waals surface area contributed by atoms with Gasteiger partial charge in [0.15, 0.2) is 0 Å². The fraction of sp³-hybridized carbons (Fsp3) is 0.308. The fourth-order valence-corrected chi connectivity index (χ4v) is 1.94. The summed E-state index contributed by atoms with van der Waals surface area (Å²) in [6.45, 7) is 4.23. The van der Waals surface area contributed by atoms with Crippen molar-refractivity contribution in [1.82, 2.24) is 0 Å². The summed E-state index contributed by atoms with van der Waals surface area (Å²) < 4.78 is 5.14. The standard InChI is InChI=1S/C13H16N2O4/c1-7-11(15(8(2)16)9(3)17)6-5-10(13(14)18)12(7)19-4/h5-6H,1-4H3,(H2,14,18). The van der Waals surface area contributed by atoms with Crippen LogP contribution in [0.2, 0.25) is 0 Å². The number of hydrogen-bond donors (Lipinski definition) is 1. The highest BCUT2D eigenvalue weighted by Gasteiger charge is 2.22. The first-order valence-electron chi connectivity index (χ1n) is 5.59. The van der Waals surface area contributed by atoms with Gasteiger partial charge >= 0.3 is 0 Å². The van der Waals surface area contributed by atoms with Gasteiger partial charge in [-0.2, -0.15) is 0 Å². The van der Waals surface area contributed by atoms with Gasteiger partial charge in [-0.3, -0.25) is 19.3 Å². The van der Waals surface area contributed by atoms with Crippen LogP contribution in [0.4, 0.5) is 5.69 Å². The molecule has 0 heterocycles. The van der Waals surface area contributed by atoms with E-state index in [4.69, 9.17) is 10.5 Å². The Balaban J connectivity index is 3.51. The molecule has 0 aromatic heterocycles. The predicted octanol–water partition coefficient (Wildman–Crippen LogP) is 1.00. The Kier molecular flexibility index (Phi) is 4.26. The van der Waals surface area contributed by atoms with Gasteiger partial charge in [-0.05, 0) is 19.1 Å². The Morgan fingerprint density at radius 3 is 2.05 bits per heavy atom. The zero-order chi connectivity index (χ0) is 14.7. The van der Waals surface area contributed by atoms with Crippen molar-refractivity contribution in [2.24, 2.45) is 5.73 Å². The number of imide groups is 1. The summed E-state index contributed by atoms with van der Waals surface area (Å²) in [4.78, 5) is 35.4. The molecule has 0 radical (unpaired) electrons. The van der Waals surface area contributed by atoms with Crippen molar-refractivity contribution >= 4 is 23.4 Å². The summed E-state index contributed by atoms with van der Waals surface area (Å²) >= 11 is 0. The Morgan fingerprint density at radius 1 is 1.16 bits per heavy atom. The van der Waals surface area contributed by atoms with Crippen LogP contribution in [0.25, 0.3) is 0 Å². The lowest BCUT2D eigenvalue weighted by Crippen LogP contribution is -2.33. The predicted molar refractivity (Wildman–Crippen MR) is 70.1 cm³/mol. The first kappa shape index (κ1) is 14.7. The summed E-state index contributed by atoms with van der Waals surface area (Å²) in [6, 6.07) is 2.93. The molecular weight excluding hydrogens is 248 g/mol. The summed E-state index contributed by atoms with van der Waals surface area (Å²) in [5.74, 6) is -1.20. The van der Waals surface area contributed by atoms with E-state index in [-0.39, 0.29) is 11.3 Å². The lowest BCUT2D eigenvalue weighted by molar-refractivity contribution is -0.124. The van der Waals surface area contributed by atoms with Crippen molar-refractivity contribution in [2.75, 3.05) is 12.0 Å². The van der Waals surface area contributed by atoms with Crippen LogP contribution in [0.3, 0.4) is 0 Å². The van der Waals surface area contributed by atoms with Gasteiger partial charge in [0.25, 0.3) is 5.91 Å². The number of hydrogen-bond acceptors (Lipinski definition) is 4. The Labute approximate surface area is 111 Å². The van der Waals surface area contributed by atoms with E-state index in [1.807, 2.05) is 0 Å². The molecule has 19 heavy (non-hydrogen) atoms. The van der Waals surface area contributed by atoms with Gasteiger partial charge in [-0.15, -0.1) is 0 Å². The number of ether oxygens (including phenoxy) is 1. The number of nitrogens with two attached hydrogens (primary N) is 1. The molecule has 0 fully saturated rings. The summed E-state index contributed by atoms with van der Waals surface area (Å²) in [6.07, 6.45) is 0. The fourth-order valence-electron chi connectivity index (χ4n) is 1.94. The SMILES string of the molecule is COc1c(C(N)=O)ccc(N(C(C)=O)C(C)=O)c1C. The van der Waals surface area contributed by atoms with E-state index in [1.165, 1.54) is 33.1 Å². The van der Waals surface area contributed by atoms with Gasteiger partial charge in [0.2, 0.25) is 11.8 Å². The van der Waals surface area contributed by atoms with Crippen LogP contribution >= 0.6 is 0 Å². The van der Waals surface area contributed by atoms with Crippen LogP contribution in [0, 0.1) is 6.92 Å². The average Bonchev–Trinajstić information content (AvgIpc) is 2.29. The van der Waals surface area contributed by atoms with Crippen molar-refractivity contribution in [3.05, 3.63) is 23.3 Å². The lowest BCUT2D eigenvalue weighted by atomic mass is 10.1. The molecule has 0 spiro atoms. The summed E-state index contributed by atoms with van der Waals surface area (Å²) in [7, 11) is 1.39. The molecule has 2 N–H and O–H groups in total.